The van der Waals surface area contributed by atoms with E-state index in [9.17, 15) is 8.42 Å². The number of rotatable bonds is 5. The molecule has 0 amide bonds. The van der Waals surface area contributed by atoms with Gasteiger partial charge in [0.25, 0.3) is 0 Å². The standard InChI is InChI=1S/C17H21N7O3S/c1-12-10-24-14(8-20-16(24)9-19-12)17-18-4-3-15(22-17)23-5-6-27-13(11-23)7-21-28(2,25)26/h3-4,8-10,13,21H,5-7,11H2,1-2H3. The summed E-state index contributed by atoms with van der Waals surface area (Å²) in [5, 5.41) is 0. The SMILES string of the molecule is Cc1cn2c(-c3nccc(N4CCOC(CNS(C)(=O)=O)C4)n3)cnc2cn1. The van der Waals surface area contributed by atoms with Gasteiger partial charge in [0.15, 0.2) is 11.5 Å². The van der Waals surface area contributed by atoms with Crippen LogP contribution in [0.4, 0.5) is 5.82 Å². The van der Waals surface area contributed by atoms with E-state index < -0.39 is 10.0 Å². The Morgan fingerprint density at radius 2 is 2.14 bits per heavy atom. The molecule has 1 fully saturated rings. The van der Waals surface area contributed by atoms with E-state index in [-0.39, 0.29) is 12.6 Å². The molecule has 148 valence electrons. The van der Waals surface area contributed by atoms with Gasteiger partial charge >= 0.3 is 0 Å². The molecule has 0 saturated carbocycles. The number of aromatic nitrogens is 5. The van der Waals surface area contributed by atoms with Crippen LogP contribution >= 0.6 is 0 Å². The molecule has 4 heterocycles. The Bertz CT molecular complexity index is 1100. The summed E-state index contributed by atoms with van der Waals surface area (Å²) in [6, 6.07) is 1.84. The molecule has 0 spiro atoms. The fourth-order valence-electron chi connectivity index (χ4n) is 3.10. The van der Waals surface area contributed by atoms with Gasteiger partial charge in [0.05, 0.1) is 37.1 Å². The second-order valence-electron chi connectivity index (χ2n) is 6.70. The van der Waals surface area contributed by atoms with Gasteiger partial charge in [0, 0.05) is 32.0 Å². The Morgan fingerprint density at radius 3 is 2.96 bits per heavy atom. The highest BCUT2D eigenvalue weighted by molar-refractivity contribution is 7.88. The maximum absolute atomic E-state index is 11.3. The van der Waals surface area contributed by atoms with Crippen LogP contribution in [-0.2, 0) is 14.8 Å². The average molecular weight is 403 g/mol. The number of nitrogens with zero attached hydrogens (tertiary/aromatic N) is 6. The summed E-state index contributed by atoms with van der Waals surface area (Å²) in [7, 11) is -3.26. The number of sulfonamides is 1. The molecule has 11 heteroatoms. The van der Waals surface area contributed by atoms with Gasteiger partial charge in [-0.25, -0.2) is 28.1 Å². The number of anilines is 1. The Hall–Kier alpha value is -2.63. The van der Waals surface area contributed by atoms with Crippen molar-refractivity contribution in [3.8, 4) is 11.5 Å². The summed E-state index contributed by atoms with van der Waals surface area (Å²) in [5.74, 6) is 1.33. The molecule has 1 aliphatic heterocycles. The lowest BCUT2D eigenvalue weighted by Crippen LogP contribution is -2.47. The van der Waals surface area contributed by atoms with Crippen LogP contribution in [0.5, 0.6) is 0 Å². The second-order valence-corrected chi connectivity index (χ2v) is 8.53. The molecule has 3 aromatic heterocycles. The summed E-state index contributed by atoms with van der Waals surface area (Å²) in [5.41, 5.74) is 2.39. The number of hydrogen-bond acceptors (Lipinski definition) is 8. The highest BCUT2D eigenvalue weighted by atomic mass is 32.2. The van der Waals surface area contributed by atoms with Gasteiger partial charge < -0.3 is 9.64 Å². The molecule has 0 aromatic carbocycles. The predicted octanol–water partition coefficient (Wildman–Crippen LogP) is 0.249. The van der Waals surface area contributed by atoms with Gasteiger partial charge in [-0.2, -0.15) is 0 Å². The highest BCUT2D eigenvalue weighted by Crippen LogP contribution is 2.21. The largest absolute Gasteiger partial charge is 0.373 e. The maximum Gasteiger partial charge on any atom is 0.208 e. The predicted molar refractivity (Wildman–Crippen MR) is 104 cm³/mol. The molecule has 3 aromatic rings. The summed E-state index contributed by atoms with van der Waals surface area (Å²) in [4.78, 5) is 19.8. The first kappa shape index (κ1) is 18.7. The van der Waals surface area contributed by atoms with Crippen LogP contribution in [0, 0.1) is 6.92 Å². The highest BCUT2D eigenvalue weighted by Gasteiger charge is 2.23. The van der Waals surface area contributed by atoms with Crippen LogP contribution in [-0.4, -0.2) is 71.4 Å². The number of fused-ring (bicyclic) bond motifs is 1. The van der Waals surface area contributed by atoms with Crippen molar-refractivity contribution in [3.63, 3.8) is 0 Å². The minimum absolute atomic E-state index is 0.229. The molecule has 0 bridgehead atoms. The Kier molecular flexibility index (Phi) is 4.96. The quantitative estimate of drug-likeness (QED) is 0.645. The zero-order chi connectivity index (χ0) is 19.7. The normalized spacial score (nSPS) is 17.9. The molecule has 1 aliphatic rings. The molecule has 1 N–H and O–H groups in total. The third-order valence-corrected chi connectivity index (χ3v) is 5.12. The van der Waals surface area contributed by atoms with Crippen LogP contribution in [0.2, 0.25) is 0 Å². The number of hydrogen-bond donors (Lipinski definition) is 1. The molecular formula is C17H21N7O3S. The minimum atomic E-state index is -3.26. The van der Waals surface area contributed by atoms with Gasteiger partial charge in [-0.05, 0) is 13.0 Å². The first-order valence-corrected chi connectivity index (χ1v) is 10.7. The fourth-order valence-corrected chi connectivity index (χ4v) is 3.58. The van der Waals surface area contributed by atoms with Gasteiger partial charge in [-0.15, -0.1) is 0 Å². The summed E-state index contributed by atoms with van der Waals surface area (Å²) in [6.45, 7) is 3.85. The topological polar surface area (TPSA) is 115 Å². The second kappa shape index (κ2) is 7.41. The van der Waals surface area contributed by atoms with Crippen LogP contribution < -0.4 is 9.62 Å². The molecule has 0 radical (unpaired) electrons. The molecule has 28 heavy (non-hydrogen) atoms. The molecule has 1 atom stereocenters. The van der Waals surface area contributed by atoms with E-state index in [0.29, 0.717) is 25.5 Å². The van der Waals surface area contributed by atoms with E-state index in [4.69, 9.17) is 9.72 Å². The average Bonchev–Trinajstić information content (AvgIpc) is 3.09. The Balaban J connectivity index is 1.57. The third-order valence-electron chi connectivity index (χ3n) is 4.43. The monoisotopic (exact) mass is 403 g/mol. The van der Waals surface area contributed by atoms with Gasteiger partial charge in [-0.1, -0.05) is 0 Å². The molecule has 1 saturated heterocycles. The minimum Gasteiger partial charge on any atom is -0.373 e. The zero-order valence-corrected chi connectivity index (χ0v) is 16.4. The van der Waals surface area contributed by atoms with Crippen molar-refractivity contribution in [1.82, 2.24) is 29.1 Å². The molecule has 1 unspecified atom stereocenters. The zero-order valence-electron chi connectivity index (χ0n) is 15.6. The van der Waals surface area contributed by atoms with E-state index in [1.165, 1.54) is 0 Å². The molecule has 10 nitrogen and oxygen atoms in total. The lowest BCUT2D eigenvalue weighted by molar-refractivity contribution is 0.0440. The van der Waals surface area contributed by atoms with Crippen molar-refractivity contribution in [2.45, 2.75) is 13.0 Å². The van der Waals surface area contributed by atoms with Crippen molar-refractivity contribution >= 4 is 21.5 Å². The van der Waals surface area contributed by atoms with Crippen molar-refractivity contribution in [2.75, 3.05) is 37.4 Å². The summed E-state index contributed by atoms with van der Waals surface area (Å²) < 4.78 is 32.7. The van der Waals surface area contributed by atoms with Crippen LogP contribution in [0.25, 0.3) is 17.2 Å². The molecular weight excluding hydrogens is 382 g/mol. The van der Waals surface area contributed by atoms with Crippen molar-refractivity contribution in [3.05, 3.63) is 36.5 Å². The van der Waals surface area contributed by atoms with Crippen molar-refractivity contribution in [1.29, 1.82) is 0 Å². The number of aryl methyl sites for hydroxylation is 1. The van der Waals surface area contributed by atoms with Gasteiger partial charge in [0.1, 0.15) is 11.5 Å². The van der Waals surface area contributed by atoms with Crippen LogP contribution in [0.15, 0.2) is 30.9 Å². The van der Waals surface area contributed by atoms with Crippen LogP contribution in [0.3, 0.4) is 0 Å². The maximum atomic E-state index is 11.3. The number of morpholine rings is 1. The van der Waals surface area contributed by atoms with E-state index in [1.807, 2.05) is 23.6 Å². The summed E-state index contributed by atoms with van der Waals surface area (Å²) >= 11 is 0. The van der Waals surface area contributed by atoms with Crippen LogP contribution in [0.1, 0.15) is 5.69 Å². The first-order valence-electron chi connectivity index (χ1n) is 8.83. The summed E-state index contributed by atoms with van der Waals surface area (Å²) in [6.07, 6.45) is 7.95. The first-order chi connectivity index (χ1) is 13.4. The number of nitrogens with one attached hydrogen (secondary N) is 1. The Morgan fingerprint density at radius 1 is 1.29 bits per heavy atom. The van der Waals surface area contributed by atoms with Crippen molar-refractivity contribution < 1.29 is 13.2 Å². The lowest BCUT2D eigenvalue weighted by atomic mass is 10.2. The third kappa shape index (κ3) is 4.11. The lowest BCUT2D eigenvalue weighted by Gasteiger charge is -2.33. The van der Waals surface area contributed by atoms with E-state index in [1.54, 1.807) is 18.6 Å². The van der Waals surface area contributed by atoms with E-state index >= 15 is 0 Å². The van der Waals surface area contributed by atoms with E-state index in [0.717, 1.165) is 29.1 Å². The molecule has 4 rings (SSSR count). The smallest absolute Gasteiger partial charge is 0.208 e. The van der Waals surface area contributed by atoms with Gasteiger partial charge in [0.2, 0.25) is 10.0 Å². The molecule has 0 aliphatic carbocycles. The van der Waals surface area contributed by atoms with Crippen molar-refractivity contribution in [2.24, 2.45) is 0 Å². The fraction of sp³-hybridized carbons (Fsp3) is 0.412. The van der Waals surface area contributed by atoms with E-state index in [2.05, 4.69) is 24.6 Å². The Labute approximate surface area is 162 Å². The number of imidazole rings is 1. The van der Waals surface area contributed by atoms with Gasteiger partial charge in [-0.3, -0.25) is 9.38 Å². The number of ether oxygens (including phenoxy) is 1.